The van der Waals surface area contributed by atoms with E-state index in [1.165, 1.54) is 5.52 Å². The maximum Gasteiger partial charge on any atom is 0.151 e. The van der Waals surface area contributed by atoms with Crippen molar-refractivity contribution in [1.82, 2.24) is 19.7 Å². The zero-order chi connectivity index (χ0) is 16.9. The van der Waals surface area contributed by atoms with E-state index in [4.69, 9.17) is 0 Å². The molecule has 3 heterocycles. The molecule has 0 amide bonds. The molecule has 1 aliphatic heterocycles. The van der Waals surface area contributed by atoms with Gasteiger partial charge in [-0.1, -0.05) is 32.9 Å². The largest absolute Gasteiger partial charge is 0.351 e. The maximum absolute atomic E-state index is 4.67. The Kier molecular flexibility index (Phi) is 3.34. The van der Waals surface area contributed by atoms with Crippen molar-refractivity contribution in [1.29, 1.82) is 0 Å². The van der Waals surface area contributed by atoms with Crippen LogP contribution in [0.5, 0.6) is 0 Å². The molecule has 0 bridgehead atoms. The first-order chi connectivity index (χ1) is 11.4. The molecule has 1 aromatic carbocycles. The molecule has 0 N–H and O–H groups in total. The number of hydrogen-bond acceptors (Lipinski definition) is 4. The number of imidazole rings is 1. The minimum Gasteiger partial charge on any atom is -0.351 e. The van der Waals surface area contributed by atoms with Gasteiger partial charge in [-0.05, 0) is 31.2 Å². The number of fused-ring (bicyclic) bond motifs is 1. The van der Waals surface area contributed by atoms with E-state index in [2.05, 4.69) is 82.7 Å². The molecule has 5 nitrogen and oxygen atoms in total. The molecule has 3 aromatic rings. The van der Waals surface area contributed by atoms with Crippen molar-refractivity contribution in [2.45, 2.75) is 39.2 Å². The van der Waals surface area contributed by atoms with Gasteiger partial charge >= 0.3 is 0 Å². The summed E-state index contributed by atoms with van der Waals surface area (Å²) in [6, 6.07) is 13.0. The first-order valence-corrected chi connectivity index (χ1v) is 8.46. The fourth-order valence-electron chi connectivity index (χ4n) is 3.33. The molecule has 1 saturated heterocycles. The smallest absolute Gasteiger partial charge is 0.151 e. The Labute approximate surface area is 142 Å². The van der Waals surface area contributed by atoms with Crippen molar-refractivity contribution in [2.75, 3.05) is 18.0 Å². The maximum atomic E-state index is 4.67. The van der Waals surface area contributed by atoms with Crippen LogP contribution in [0.15, 0.2) is 36.4 Å². The lowest BCUT2D eigenvalue weighted by Gasteiger charge is -2.41. The number of nitrogens with zero attached hydrogens (tertiary/aromatic N) is 5. The second-order valence-corrected chi connectivity index (χ2v) is 7.60. The third kappa shape index (κ3) is 2.44. The van der Waals surface area contributed by atoms with Gasteiger partial charge in [0.15, 0.2) is 5.82 Å². The lowest BCUT2D eigenvalue weighted by atomic mass is 9.92. The number of para-hydroxylation sites is 2. The van der Waals surface area contributed by atoms with Gasteiger partial charge in [0.25, 0.3) is 0 Å². The lowest BCUT2D eigenvalue weighted by Crippen LogP contribution is -2.48. The Morgan fingerprint density at radius 3 is 2.42 bits per heavy atom. The average Bonchev–Trinajstić information content (AvgIpc) is 2.82. The zero-order valence-electron chi connectivity index (χ0n) is 14.7. The molecule has 0 unspecified atom stereocenters. The van der Waals surface area contributed by atoms with E-state index in [1.807, 2.05) is 6.07 Å². The second-order valence-electron chi connectivity index (χ2n) is 7.60. The quantitative estimate of drug-likeness (QED) is 0.725. The third-order valence-corrected chi connectivity index (χ3v) is 4.74. The summed E-state index contributed by atoms with van der Waals surface area (Å²) in [5.41, 5.74) is 3.35. The van der Waals surface area contributed by atoms with Gasteiger partial charge in [-0.25, -0.2) is 4.98 Å². The summed E-state index contributed by atoms with van der Waals surface area (Å²) in [6.45, 7) is 10.5. The van der Waals surface area contributed by atoms with Crippen molar-refractivity contribution in [3.8, 4) is 0 Å². The summed E-state index contributed by atoms with van der Waals surface area (Å²) in [6.07, 6.45) is 0. The number of anilines is 1. The second kappa shape index (κ2) is 5.30. The van der Waals surface area contributed by atoms with Crippen molar-refractivity contribution < 1.29 is 0 Å². The molecule has 2 aromatic heterocycles. The highest BCUT2D eigenvalue weighted by molar-refractivity contribution is 5.76. The molecule has 5 heteroatoms. The van der Waals surface area contributed by atoms with E-state index < -0.39 is 0 Å². The van der Waals surface area contributed by atoms with Crippen LogP contribution in [0.2, 0.25) is 0 Å². The Bertz CT molecular complexity index is 867. The van der Waals surface area contributed by atoms with Crippen LogP contribution in [-0.4, -0.2) is 32.8 Å². The van der Waals surface area contributed by atoms with Gasteiger partial charge in [0.2, 0.25) is 0 Å². The van der Waals surface area contributed by atoms with Crippen LogP contribution in [-0.2, 0) is 5.41 Å². The van der Waals surface area contributed by atoms with Crippen LogP contribution < -0.4 is 4.90 Å². The Balaban J connectivity index is 1.53. The van der Waals surface area contributed by atoms with E-state index in [-0.39, 0.29) is 5.41 Å². The molecule has 24 heavy (non-hydrogen) atoms. The van der Waals surface area contributed by atoms with Crippen LogP contribution in [0.25, 0.3) is 11.0 Å². The van der Waals surface area contributed by atoms with Crippen LogP contribution in [0.1, 0.15) is 38.3 Å². The Hall–Kier alpha value is -2.43. The van der Waals surface area contributed by atoms with Gasteiger partial charge < -0.3 is 9.47 Å². The van der Waals surface area contributed by atoms with Gasteiger partial charge in [0, 0.05) is 18.5 Å². The van der Waals surface area contributed by atoms with Crippen LogP contribution in [0.3, 0.4) is 0 Å². The molecular weight excluding hydrogens is 298 g/mol. The highest BCUT2D eigenvalue weighted by atomic mass is 15.3. The zero-order valence-corrected chi connectivity index (χ0v) is 14.7. The number of aromatic nitrogens is 4. The van der Waals surface area contributed by atoms with E-state index in [0.29, 0.717) is 6.04 Å². The minimum absolute atomic E-state index is 0.0375. The van der Waals surface area contributed by atoms with Gasteiger partial charge in [-0.15, -0.1) is 5.10 Å². The first kappa shape index (κ1) is 15.1. The molecule has 1 aliphatic rings. The van der Waals surface area contributed by atoms with Crippen molar-refractivity contribution >= 4 is 16.9 Å². The Morgan fingerprint density at radius 1 is 1.00 bits per heavy atom. The summed E-state index contributed by atoms with van der Waals surface area (Å²) in [7, 11) is 0. The highest BCUT2D eigenvalue weighted by Gasteiger charge is 2.31. The van der Waals surface area contributed by atoms with E-state index in [9.17, 15) is 0 Å². The SMILES string of the molecule is Cc1nc2ccccc2n1C1CN(c2ccc(C(C)(C)C)nn2)C1. The highest BCUT2D eigenvalue weighted by Crippen LogP contribution is 2.31. The fraction of sp³-hybridized carbons (Fsp3) is 0.421. The summed E-state index contributed by atoms with van der Waals surface area (Å²) in [5.74, 6) is 2.04. The van der Waals surface area contributed by atoms with Crippen molar-refractivity contribution in [3.63, 3.8) is 0 Å². The number of benzene rings is 1. The molecule has 1 fully saturated rings. The standard InChI is InChI=1S/C19H23N5/c1-13-20-15-7-5-6-8-16(15)24(13)14-11-23(12-14)18-10-9-17(21-22-18)19(2,3)4/h5-10,14H,11-12H2,1-4H3. The first-order valence-electron chi connectivity index (χ1n) is 8.46. The lowest BCUT2D eigenvalue weighted by molar-refractivity contribution is 0.397. The van der Waals surface area contributed by atoms with Crippen molar-refractivity contribution in [2.24, 2.45) is 0 Å². The molecule has 0 saturated carbocycles. The molecule has 0 atom stereocenters. The van der Waals surface area contributed by atoms with E-state index in [1.54, 1.807) is 0 Å². The molecule has 4 rings (SSSR count). The van der Waals surface area contributed by atoms with Crippen LogP contribution >= 0.6 is 0 Å². The Morgan fingerprint density at radius 2 is 1.75 bits per heavy atom. The van der Waals surface area contributed by atoms with Crippen LogP contribution in [0.4, 0.5) is 5.82 Å². The van der Waals surface area contributed by atoms with E-state index in [0.717, 1.165) is 35.9 Å². The third-order valence-electron chi connectivity index (χ3n) is 4.74. The summed E-state index contributed by atoms with van der Waals surface area (Å²) in [5, 5.41) is 8.82. The predicted molar refractivity (Wildman–Crippen MR) is 96.5 cm³/mol. The summed E-state index contributed by atoms with van der Waals surface area (Å²) >= 11 is 0. The topological polar surface area (TPSA) is 46.8 Å². The monoisotopic (exact) mass is 321 g/mol. The predicted octanol–water partition coefficient (Wildman–Crippen LogP) is 3.49. The fourth-order valence-corrected chi connectivity index (χ4v) is 3.33. The van der Waals surface area contributed by atoms with Crippen LogP contribution in [0, 0.1) is 6.92 Å². The van der Waals surface area contributed by atoms with Crippen molar-refractivity contribution in [3.05, 3.63) is 47.9 Å². The normalized spacial score (nSPS) is 15.8. The van der Waals surface area contributed by atoms with E-state index >= 15 is 0 Å². The van der Waals surface area contributed by atoms with Gasteiger partial charge in [0.1, 0.15) is 5.82 Å². The molecule has 0 radical (unpaired) electrons. The number of rotatable bonds is 2. The van der Waals surface area contributed by atoms with Gasteiger partial charge in [-0.2, -0.15) is 5.10 Å². The molecule has 0 aliphatic carbocycles. The minimum atomic E-state index is 0.0375. The number of hydrogen-bond donors (Lipinski definition) is 0. The average molecular weight is 321 g/mol. The molecular formula is C19H23N5. The molecule has 124 valence electrons. The van der Waals surface area contributed by atoms with Gasteiger partial charge in [0.05, 0.1) is 22.8 Å². The summed E-state index contributed by atoms with van der Waals surface area (Å²) < 4.78 is 2.35. The molecule has 0 spiro atoms. The van der Waals surface area contributed by atoms with Gasteiger partial charge in [-0.3, -0.25) is 0 Å². The summed E-state index contributed by atoms with van der Waals surface area (Å²) in [4.78, 5) is 6.95. The number of aryl methyl sites for hydroxylation is 1.